The van der Waals surface area contributed by atoms with Gasteiger partial charge >= 0.3 is 5.97 Å². The van der Waals surface area contributed by atoms with E-state index < -0.39 is 16.7 Å². The van der Waals surface area contributed by atoms with Crippen LogP contribution in [-0.2, 0) is 4.79 Å². The molecular formula is C27H24N2O6. The van der Waals surface area contributed by atoms with Gasteiger partial charge in [0, 0.05) is 19.0 Å². The van der Waals surface area contributed by atoms with Crippen LogP contribution >= 0.6 is 0 Å². The summed E-state index contributed by atoms with van der Waals surface area (Å²) in [4.78, 5) is 48.8. The number of nitro groups is 1. The third kappa shape index (κ3) is 5.27. The van der Waals surface area contributed by atoms with Crippen molar-refractivity contribution in [3.63, 3.8) is 0 Å². The number of hydrogen-bond acceptors (Lipinski definition) is 6. The van der Waals surface area contributed by atoms with Gasteiger partial charge in [-0.15, -0.1) is 0 Å². The molecule has 1 aliphatic heterocycles. The normalized spacial score (nSPS) is 12.5. The first-order chi connectivity index (χ1) is 16.8. The molecule has 0 aromatic heterocycles. The maximum Gasteiger partial charge on any atom is 0.311 e. The van der Waals surface area contributed by atoms with E-state index in [-0.39, 0.29) is 35.7 Å². The van der Waals surface area contributed by atoms with Crippen LogP contribution in [0.2, 0.25) is 0 Å². The molecule has 0 fully saturated rings. The fourth-order valence-corrected chi connectivity index (χ4v) is 4.03. The number of unbranched alkanes of at least 4 members (excludes halogenated alkanes) is 2. The first-order valence-electron chi connectivity index (χ1n) is 11.4. The molecule has 8 heteroatoms. The Hall–Kier alpha value is -4.33. The maximum atomic E-state index is 12.6. The number of nitrogens with zero attached hydrogens (tertiary/aromatic N) is 2. The molecule has 1 heterocycles. The summed E-state index contributed by atoms with van der Waals surface area (Å²) in [6.45, 7) is 2.17. The van der Waals surface area contributed by atoms with Gasteiger partial charge in [0.1, 0.15) is 11.3 Å². The predicted molar refractivity (Wildman–Crippen MR) is 129 cm³/mol. The third-order valence-corrected chi connectivity index (χ3v) is 5.91. The van der Waals surface area contributed by atoms with Gasteiger partial charge in [-0.05, 0) is 49.1 Å². The van der Waals surface area contributed by atoms with Gasteiger partial charge in [0.25, 0.3) is 17.5 Å². The van der Waals surface area contributed by atoms with E-state index in [0.717, 1.165) is 16.0 Å². The van der Waals surface area contributed by atoms with Crippen molar-refractivity contribution >= 4 is 23.5 Å². The topological polar surface area (TPSA) is 107 Å². The second-order valence-corrected chi connectivity index (χ2v) is 8.39. The average molecular weight is 472 g/mol. The van der Waals surface area contributed by atoms with Gasteiger partial charge in [-0.1, -0.05) is 54.4 Å². The smallest absolute Gasteiger partial charge is 0.311 e. The number of carbonyl (C=O) groups excluding carboxylic acids is 3. The van der Waals surface area contributed by atoms with Gasteiger partial charge in [0.05, 0.1) is 10.5 Å². The number of hydrogen-bond donors (Lipinski definition) is 0. The van der Waals surface area contributed by atoms with Crippen molar-refractivity contribution in [1.82, 2.24) is 4.90 Å². The van der Waals surface area contributed by atoms with E-state index in [2.05, 4.69) is 0 Å². The zero-order valence-corrected chi connectivity index (χ0v) is 19.2. The summed E-state index contributed by atoms with van der Waals surface area (Å²) in [6.07, 6.45) is 1.81. The fourth-order valence-electron chi connectivity index (χ4n) is 4.03. The molecule has 3 aromatic rings. The highest BCUT2D eigenvalue weighted by Crippen LogP contribution is 2.31. The number of imide groups is 1. The molecule has 3 aromatic carbocycles. The summed E-state index contributed by atoms with van der Waals surface area (Å²) in [5.41, 5.74) is 2.84. The summed E-state index contributed by atoms with van der Waals surface area (Å²) >= 11 is 0. The predicted octanol–water partition coefficient (Wildman–Crippen LogP) is 5.33. The van der Waals surface area contributed by atoms with Gasteiger partial charge in [0.15, 0.2) is 0 Å². The van der Waals surface area contributed by atoms with Crippen LogP contribution in [-0.4, -0.2) is 34.2 Å². The summed E-state index contributed by atoms with van der Waals surface area (Å²) < 4.78 is 5.39. The quantitative estimate of drug-likeness (QED) is 0.104. The van der Waals surface area contributed by atoms with Crippen molar-refractivity contribution in [1.29, 1.82) is 0 Å². The standard InChI is InChI=1S/C27H24N2O6/c1-18-9-11-19(12-10-18)20-13-15-21(16-14-20)35-24(30)8-3-2-4-17-28-26(31)22-6-5-7-23(29(33)34)25(22)27(28)32/h5-7,9-16H,2-4,8,17H2,1H3. The highest BCUT2D eigenvalue weighted by molar-refractivity contribution is 6.23. The second-order valence-electron chi connectivity index (χ2n) is 8.39. The molecule has 2 amide bonds. The van der Waals surface area contributed by atoms with Gasteiger partial charge < -0.3 is 4.74 Å². The highest BCUT2D eigenvalue weighted by Gasteiger charge is 2.40. The Balaban J connectivity index is 1.22. The molecule has 0 N–H and O–H groups in total. The van der Waals surface area contributed by atoms with Gasteiger partial charge in [-0.25, -0.2) is 0 Å². The number of fused-ring (bicyclic) bond motifs is 1. The molecule has 0 radical (unpaired) electrons. The van der Waals surface area contributed by atoms with Crippen LogP contribution in [0.5, 0.6) is 5.75 Å². The molecule has 0 bridgehead atoms. The monoisotopic (exact) mass is 472 g/mol. The first kappa shape index (κ1) is 23.8. The largest absolute Gasteiger partial charge is 0.427 e. The molecule has 0 unspecified atom stereocenters. The van der Waals surface area contributed by atoms with E-state index in [4.69, 9.17) is 4.74 Å². The van der Waals surface area contributed by atoms with E-state index in [9.17, 15) is 24.5 Å². The van der Waals surface area contributed by atoms with E-state index in [1.54, 1.807) is 12.1 Å². The molecule has 35 heavy (non-hydrogen) atoms. The summed E-state index contributed by atoms with van der Waals surface area (Å²) in [5.74, 6) is -1.06. The molecule has 8 nitrogen and oxygen atoms in total. The van der Waals surface area contributed by atoms with Crippen LogP contribution in [0, 0.1) is 17.0 Å². The Labute approximate surface area is 202 Å². The van der Waals surface area contributed by atoms with Crippen molar-refractivity contribution in [2.75, 3.05) is 6.54 Å². The third-order valence-electron chi connectivity index (χ3n) is 5.91. The summed E-state index contributed by atoms with van der Waals surface area (Å²) in [5, 5.41) is 11.2. The van der Waals surface area contributed by atoms with Crippen LogP contribution in [0.3, 0.4) is 0 Å². The van der Waals surface area contributed by atoms with Gasteiger partial charge in [-0.2, -0.15) is 0 Å². The number of rotatable bonds is 9. The Morgan fingerprint density at radius 3 is 2.20 bits per heavy atom. The molecule has 0 saturated heterocycles. The van der Waals surface area contributed by atoms with Crippen molar-refractivity contribution in [2.24, 2.45) is 0 Å². The molecule has 0 saturated carbocycles. The minimum absolute atomic E-state index is 0.0566. The van der Waals surface area contributed by atoms with Crippen molar-refractivity contribution < 1.29 is 24.0 Å². The Kier molecular flexibility index (Phi) is 7.01. The molecule has 0 atom stereocenters. The van der Waals surface area contributed by atoms with E-state index in [0.29, 0.717) is 25.0 Å². The first-order valence-corrected chi connectivity index (χ1v) is 11.4. The van der Waals surface area contributed by atoms with Crippen LogP contribution in [0.15, 0.2) is 66.7 Å². The molecular weight excluding hydrogens is 448 g/mol. The molecule has 178 valence electrons. The second kappa shape index (κ2) is 10.3. The van der Waals surface area contributed by atoms with Gasteiger partial charge in [0.2, 0.25) is 0 Å². The fraction of sp³-hybridized carbons (Fsp3) is 0.222. The lowest BCUT2D eigenvalue weighted by molar-refractivity contribution is -0.385. The van der Waals surface area contributed by atoms with E-state index in [1.807, 2.05) is 43.3 Å². The number of aryl methyl sites for hydroxylation is 1. The highest BCUT2D eigenvalue weighted by atomic mass is 16.6. The number of esters is 1. The van der Waals surface area contributed by atoms with Crippen molar-refractivity contribution in [3.05, 3.63) is 93.5 Å². The van der Waals surface area contributed by atoms with E-state index in [1.165, 1.54) is 23.8 Å². The zero-order valence-electron chi connectivity index (χ0n) is 19.2. The molecule has 0 aliphatic carbocycles. The molecule has 1 aliphatic rings. The number of benzene rings is 3. The minimum Gasteiger partial charge on any atom is -0.427 e. The molecule has 4 rings (SSSR count). The van der Waals surface area contributed by atoms with Crippen LogP contribution in [0.4, 0.5) is 5.69 Å². The zero-order chi connectivity index (χ0) is 24.9. The maximum absolute atomic E-state index is 12.6. The Morgan fingerprint density at radius 1 is 0.886 bits per heavy atom. The Morgan fingerprint density at radius 2 is 1.54 bits per heavy atom. The number of ether oxygens (including phenoxy) is 1. The van der Waals surface area contributed by atoms with Crippen LogP contribution < -0.4 is 4.74 Å². The number of amides is 2. The average Bonchev–Trinajstić information content (AvgIpc) is 3.09. The lowest BCUT2D eigenvalue weighted by Crippen LogP contribution is -2.30. The number of carbonyl (C=O) groups is 3. The van der Waals surface area contributed by atoms with Crippen LogP contribution in [0.25, 0.3) is 11.1 Å². The van der Waals surface area contributed by atoms with Gasteiger partial charge in [-0.3, -0.25) is 29.4 Å². The minimum atomic E-state index is -0.658. The SMILES string of the molecule is Cc1ccc(-c2ccc(OC(=O)CCCCCN3C(=O)c4cccc([N+](=O)[O-])c4C3=O)cc2)cc1. The summed E-state index contributed by atoms with van der Waals surface area (Å²) in [6, 6.07) is 19.5. The van der Waals surface area contributed by atoms with Crippen molar-refractivity contribution in [3.8, 4) is 16.9 Å². The lowest BCUT2D eigenvalue weighted by Gasteiger charge is -2.13. The lowest BCUT2D eigenvalue weighted by atomic mass is 10.0. The number of nitro benzene ring substituents is 1. The summed E-state index contributed by atoms with van der Waals surface area (Å²) in [7, 11) is 0. The van der Waals surface area contributed by atoms with Crippen molar-refractivity contribution in [2.45, 2.75) is 32.6 Å². The van der Waals surface area contributed by atoms with E-state index >= 15 is 0 Å². The molecule has 0 spiro atoms. The Bertz CT molecular complexity index is 1280. The van der Waals surface area contributed by atoms with Crippen LogP contribution in [0.1, 0.15) is 52.0 Å².